The molecule has 1 unspecified atom stereocenters. The molecule has 0 aliphatic rings. The lowest BCUT2D eigenvalue weighted by Gasteiger charge is -2.18. The first-order chi connectivity index (χ1) is 11.7. The number of benzene rings is 1. The summed E-state index contributed by atoms with van der Waals surface area (Å²) in [5.74, 6) is -3.87. The number of rotatable bonds is 9. The van der Waals surface area contributed by atoms with Crippen molar-refractivity contribution in [3.8, 4) is 0 Å². The summed E-state index contributed by atoms with van der Waals surface area (Å²) in [7, 11) is 0. The van der Waals surface area contributed by atoms with Crippen LogP contribution in [0.1, 0.15) is 18.4 Å². The number of hydrogen-bond acceptors (Lipinski definition) is 4. The third-order valence-corrected chi connectivity index (χ3v) is 3.93. The highest BCUT2D eigenvalue weighted by Crippen LogP contribution is 2.09. The van der Waals surface area contributed by atoms with Crippen LogP contribution in [0.4, 0.5) is 4.79 Å². The standard InChI is InChI=1S/C15H17IN2O7/c16-9-3-1-8(2-4-9)7-11(14(23)24)18-15(25)17-10(13(21)22)5-6-12(19)20/h1-4,10-11H,5-7H2,(H,19,20)(H,21,22)(H,23,24)(H2,17,18,25)/t10-,11?/m0/s1. The molecule has 0 fully saturated rings. The summed E-state index contributed by atoms with van der Waals surface area (Å²) in [6, 6.07) is 3.37. The molecule has 10 heteroatoms. The molecule has 0 saturated carbocycles. The molecule has 1 rings (SSSR count). The van der Waals surface area contributed by atoms with Crippen molar-refractivity contribution in [2.24, 2.45) is 0 Å². The summed E-state index contributed by atoms with van der Waals surface area (Å²) in [6.07, 6.45) is -0.734. The molecule has 0 spiro atoms. The highest BCUT2D eigenvalue weighted by molar-refractivity contribution is 14.1. The molecule has 0 heterocycles. The van der Waals surface area contributed by atoms with Gasteiger partial charge in [0.15, 0.2) is 0 Å². The van der Waals surface area contributed by atoms with Crippen LogP contribution in [-0.2, 0) is 20.8 Å². The van der Waals surface area contributed by atoms with Gasteiger partial charge in [-0.15, -0.1) is 0 Å². The fraction of sp³-hybridized carbons (Fsp3) is 0.333. The largest absolute Gasteiger partial charge is 0.481 e. The van der Waals surface area contributed by atoms with E-state index in [9.17, 15) is 24.3 Å². The van der Waals surface area contributed by atoms with Gasteiger partial charge in [-0.05, 0) is 46.7 Å². The molecule has 2 amide bonds. The monoisotopic (exact) mass is 464 g/mol. The molecule has 9 nitrogen and oxygen atoms in total. The Kier molecular flexibility index (Phi) is 8.11. The lowest BCUT2D eigenvalue weighted by molar-refractivity contribution is -0.140. The Balaban J connectivity index is 2.68. The smallest absolute Gasteiger partial charge is 0.326 e. The number of nitrogens with one attached hydrogen (secondary N) is 2. The van der Waals surface area contributed by atoms with E-state index in [1.54, 1.807) is 24.3 Å². The Labute approximate surface area is 156 Å². The van der Waals surface area contributed by atoms with Crippen LogP contribution in [0.3, 0.4) is 0 Å². The molecule has 0 saturated heterocycles. The minimum Gasteiger partial charge on any atom is -0.481 e. The summed E-state index contributed by atoms with van der Waals surface area (Å²) in [5.41, 5.74) is 0.689. The van der Waals surface area contributed by atoms with Crippen molar-refractivity contribution >= 4 is 46.5 Å². The molecule has 1 aromatic carbocycles. The normalized spacial score (nSPS) is 12.7. The van der Waals surface area contributed by atoms with Crippen molar-refractivity contribution in [2.75, 3.05) is 0 Å². The van der Waals surface area contributed by atoms with Gasteiger partial charge in [0.25, 0.3) is 0 Å². The van der Waals surface area contributed by atoms with E-state index in [0.717, 1.165) is 3.57 Å². The third kappa shape index (κ3) is 7.83. The molecule has 0 bridgehead atoms. The number of halogens is 1. The van der Waals surface area contributed by atoms with Gasteiger partial charge in [0, 0.05) is 16.4 Å². The van der Waals surface area contributed by atoms with Crippen LogP contribution in [0.2, 0.25) is 0 Å². The maximum Gasteiger partial charge on any atom is 0.326 e. The summed E-state index contributed by atoms with van der Waals surface area (Å²) < 4.78 is 0.974. The van der Waals surface area contributed by atoms with E-state index in [-0.39, 0.29) is 12.8 Å². The van der Waals surface area contributed by atoms with Crippen LogP contribution in [0.15, 0.2) is 24.3 Å². The van der Waals surface area contributed by atoms with Gasteiger partial charge in [0.1, 0.15) is 12.1 Å². The van der Waals surface area contributed by atoms with Crippen LogP contribution < -0.4 is 10.6 Å². The van der Waals surface area contributed by atoms with Crippen LogP contribution in [0, 0.1) is 3.57 Å². The van der Waals surface area contributed by atoms with Crippen molar-refractivity contribution in [3.63, 3.8) is 0 Å². The van der Waals surface area contributed by atoms with E-state index in [0.29, 0.717) is 5.56 Å². The van der Waals surface area contributed by atoms with Crippen molar-refractivity contribution in [2.45, 2.75) is 31.3 Å². The first-order valence-corrected chi connectivity index (χ1v) is 8.25. The van der Waals surface area contributed by atoms with E-state index < -0.39 is 42.4 Å². The molecular weight excluding hydrogens is 447 g/mol. The van der Waals surface area contributed by atoms with Gasteiger partial charge in [-0.1, -0.05) is 12.1 Å². The number of carbonyl (C=O) groups is 4. The summed E-state index contributed by atoms with van der Waals surface area (Å²) in [6.45, 7) is 0. The number of carbonyl (C=O) groups excluding carboxylic acids is 1. The summed E-state index contributed by atoms with van der Waals surface area (Å²) in [4.78, 5) is 44.7. The molecule has 25 heavy (non-hydrogen) atoms. The maximum absolute atomic E-state index is 11.9. The number of carboxylic acid groups (broad SMARTS) is 3. The zero-order valence-corrected chi connectivity index (χ0v) is 15.1. The first-order valence-electron chi connectivity index (χ1n) is 7.18. The zero-order chi connectivity index (χ0) is 19.0. The number of aliphatic carboxylic acids is 3. The molecule has 2 atom stereocenters. The summed E-state index contributed by atoms with van der Waals surface area (Å²) in [5, 5.41) is 31.1. The van der Waals surface area contributed by atoms with E-state index in [4.69, 9.17) is 10.2 Å². The topological polar surface area (TPSA) is 153 Å². The second kappa shape index (κ2) is 9.81. The second-order valence-corrected chi connectivity index (χ2v) is 6.41. The van der Waals surface area contributed by atoms with E-state index >= 15 is 0 Å². The van der Waals surface area contributed by atoms with Gasteiger partial charge < -0.3 is 26.0 Å². The fourth-order valence-corrected chi connectivity index (χ4v) is 2.30. The average Bonchev–Trinajstić information content (AvgIpc) is 2.52. The van der Waals surface area contributed by atoms with Crippen LogP contribution >= 0.6 is 22.6 Å². The van der Waals surface area contributed by atoms with E-state index in [2.05, 4.69) is 33.2 Å². The van der Waals surface area contributed by atoms with Crippen LogP contribution in [0.5, 0.6) is 0 Å². The third-order valence-electron chi connectivity index (χ3n) is 3.21. The fourth-order valence-electron chi connectivity index (χ4n) is 1.94. The van der Waals surface area contributed by atoms with Crippen LogP contribution in [0.25, 0.3) is 0 Å². The number of urea groups is 1. The second-order valence-electron chi connectivity index (χ2n) is 5.16. The Morgan fingerprint density at radius 2 is 1.44 bits per heavy atom. The van der Waals surface area contributed by atoms with Gasteiger partial charge >= 0.3 is 23.9 Å². The summed E-state index contributed by atoms with van der Waals surface area (Å²) >= 11 is 2.10. The van der Waals surface area contributed by atoms with Crippen molar-refractivity contribution < 1.29 is 34.5 Å². The van der Waals surface area contributed by atoms with Gasteiger partial charge in [0.05, 0.1) is 0 Å². The quantitative estimate of drug-likeness (QED) is 0.341. The molecule has 1 aromatic rings. The Hall–Kier alpha value is -2.37. The van der Waals surface area contributed by atoms with Gasteiger partial charge in [-0.25, -0.2) is 14.4 Å². The zero-order valence-electron chi connectivity index (χ0n) is 12.9. The minimum atomic E-state index is -1.43. The molecule has 0 radical (unpaired) electrons. The maximum atomic E-state index is 11.9. The Morgan fingerprint density at radius 1 is 0.920 bits per heavy atom. The minimum absolute atomic E-state index is 0.0204. The highest BCUT2D eigenvalue weighted by atomic mass is 127. The Morgan fingerprint density at radius 3 is 1.92 bits per heavy atom. The SMILES string of the molecule is O=C(O)CC[C@H](NC(=O)NC(Cc1ccc(I)cc1)C(=O)O)C(=O)O. The van der Waals surface area contributed by atoms with Gasteiger partial charge in [-0.3, -0.25) is 4.79 Å². The average molecular weight is 464 g/mol. The van der Waals surface area contributed by atoms with Crippen molar-refractivity contribution in [3.05, 3.63) is 33.4 Å². The highest BCUT2D eigenvalue weighted by Gasteiger charge is 2.25. The Bertz CT molecular complexity index is 648. The molecular formula is C15H17IN2O7. The van der Waals surface area contributed by atoms with Gasteiger partial charge in [0.2, 0.25) is 0 Å². The van der Waals surface area contributed by atoms with Crippen molar-refractivity contribution in [1.29, 1.82) is 0 Å². The number of hydrogen-bond donors (Lipinski definition) is 5. The lowest BCUT2D eigenvalue weighted by atomic mass is 10.1. The predicted molar refractivity (Wildman–Crippen MR) is 94.2 cm³/mol. The number of carboxylic acids is 3. The lowest BCUT2D eigenvalue weighted by Crippen LogP contribution is -2.51. The molecule has 136 valence electrons. The first kappa shape index (κ1) is 20.7. The molecule has 0 aliphatic carbocycles. The van der Waals surface area contributed by atoms with E-state index in [1.807, 2.05) is 0 Å². The van der Waals surface area contributed by atoms with Crippen LogP contribution in [-0.4, -0.2) is 51.3 Å². The molecule has 0 aromatic heterocycles. The van der Waals surface area contributed by atoms with Gasteiger partial charge in [-0.2, -0.15) is 0 Å². The molecule has 0 aliphatic heterocycles. The van der Waals surface area contributed by atoms with Crippen molar-refractivity contribution in [1.82, 2.24) is 10.6 Å². The number of amides is 2. The van der Waals surface area contributed by atoms with E-state index in [1.165, 1.54) is 0 Å². The predicted octanol–water partition coefficient (Wildman–Crippen LogP) is 0.904. The molecule has 5 N–H and O–H groups in total.